The SMILES string of the molecule is CCSc1nnc(NC(=O)c2ccccc2NC(=O)Cc2cccc3ccccc23)s1. The minimum atomic E-state index is -0.342. The van der Waals surface area contributed by atoms with Crippen molar-refractivity contribution >= 4 is 56.5 Å². The van der Waals surface area contributed by atoms with Crippen molar-refractivity contribution in [2.75, 3.05) is 16.4 Å². The van der Waals surface area contributed by atoms with E-state index in [-0.39, 0.29) is 18.2 Å². The van der Waals surface area contributed by atoms with Crippen LogP contribution in [0.15, 0.2) is 71.1 Å². The van der Waals surface area contributed by atoms with Crippen molar-refractivity contribution in [1.29, 1.82) is 0 Å². The van der Waals surface area contributed by atoms with Crippen LogP contribution in [0, 0.1) is 0 Å². The van der Waals surface area contributed by atoms with Gasteiger partial charge in [0.25, 0.3) is 5.91 Å². The third kappa shape index (κ3) is 5.10. The molecule has 0 fully saturated rings. The van der Waals surface area contributed by atoms with Crippen molar-refractivity contribution < 1.29 is 9.59 Å². The summed E-state index contributed by atoms with van der Waals surface area (Å²) in [4.78, 5) is 25.6. The normalized spacial score (nSPS) is 10.7. The van der Waals surface area contributed by atoms with Crippen molar-refractivity contribution in [3.05, 3.63) is 77.9 Å². The van der Waals surface area contributed by atoms with E-state index in [1.807, 2.05) is 49.4 Å². The second kappa shape index (κ2) is 9.72. The van der Waals surface area contributed by atoms with Crippen LogP contribution in [0.25, 0.3) is 10.8 Å². The van der Waals surface area contributed by atoms with E-state index in [0.717, 1.165) is 26.4 Å². The highest BCUT2D eigenvalue weighted by Gasteiger charge is 2.16. The van der Waals surface area contributed by atoms with Crippen LogP contribution in [0.1, 0.15) is 22.8 Å². The maximum atomic E-state index is 12.8. The van der Waals surface area contributed by atoms with Gasteiger partial charge < -0.3 is 5.32 Å². The molecule has 156 valence electrons. The molecular formula is C23H20N4O2S2. The van der Waals surface area contributed by atoms with Crippen LogP contribution in [-0.2, 0) is 11.2 Å². The Hall–Kier alpha value is -3.23. The zero-order valence-electron chi connectivity index (χ0n) is 16.8. The number of nitrogens with zero attached hydrogens (tertiary/aromatic N) is 2. The Morgan fingerprint density at radius 2 is 1.71 bits per heavy atom. The average molecular weight is 449 g/mol. The van der Waals surface area contributed by atoms with Crippen molar-refractivity contribution in [2.45, 2.75) is 17.7 Å². The van der Waals surface area contributed by atoms with Gasteiger partial charge in [-0.15, -0.1) is 10.2 Å². The van der Waals surface area contributed by atoms with Crippen LogP contribution in [-0.4, -0.2) is 27.8 Å². The van der Waals surface area contributed by atoms with Crippen LogP contribution in [0.4, 0.5) is 10.8 Å². The largest absolute Gasteiger partial charge is 0.325 e. The summed E-state index contributed by atoms with van der Waals surface area (Å²) in [6.07, 6.45) is 0.214. The standard InChI is InChI=1S/C23H20N4O2S2/c1-2-30-23-27-26-22(31-23)25-21(29)18-12-5-6-13-19(18)24-20(28)14-16-10-7-9-15-8-3-4-11-17(15)16/h3-13H,2,14H2,1H3,(H,24,28)(H,25,26,29). The number of carbonyl (C=O) groups excluding carboxylic acids is 2. The summed E-state index contributed by atoms with van der Waals surface area (Å²) in [6.45, 7) is 2.03. The Kier molecular flexibility index (Phi) is 6.59. The quantitative estimate of drug-likeness (QED) is 0.298. The number of amides is 2. The fourth-order valence-corrected chi connectivity index (χ4v) is 4.85. The monoisotopic (exact) mass is 448 g/mol. The highest BCUT2D eigenvalue weighted by molar-refractivity contribution is 8.01. The first-order valence-corrected chi connectivity index (χ1v) is 11.6. The molecule has 4 rings (SSSR count). The summed E-state index contributed by atoms with van der Waals surface area (Å²) in [6, 6.07) is 20.8. The Bertz CT molecular complexity index is 1230. The van der Waals surface area contributed by atoms with E-state index in [4.69, 9.17) is 0 Å². The minimum absolute atomic E-state index is 0.186. The first-order chi connectivity index (χ1) is 15.1. The van der Waals surface area contributed by atoms with Gasteiger partial charge in [0, 0.05) is 0 Å². The fourth-order valence-electron chi connectivity index (χ4n) is 3.21. The maximum Gasteiger partial charge on any atom is 0.259 e. The number of benzene rings is 3. The molecule has 0 radical (unpaired) electrons. The average Bonchev–Trinajstić information content (AvgIpc) is 3.21. The van der Waals surface area contributed by atoms with Crippen molar-refractivity contribution in [3.8, 4) is 0 Å². The number of hydrogen-bond donors (Lipinski definition) is 2. The number of hydrogen-bond acceptors (Lipinski definition) is 6. The molecule has 0 saturated heterocycles. The molecule has 1 aromatic heterocycles. The number of aromatic nitrogens is 2. The number of para-hydroxylation sites is 1. The fraction of sp³-hybridized carbons (Fsp3) is 0.130. The van der Waals surface area contributed by atoms with Gasteiger partial charge >= 0.3 is 0 Å². The molecule has 0 spiro atoms. The number of anilines is 2. The van der Waals surface area contributed by atoms with E-state index in [1.54, 1.807) is 36.0 Å². The number of fused-ring (bicyclic) bond motifs is 1. The second-order valence-corrected chi connectivity index (χ2v) is 9.16. The van der Waals surface area contributed by atoms with Gasteiger partial charge in [-0.1, -0.05) is 84.6 Å². The van der Waals surface area contributed by atoms with E-state index in [2.05, 4.69) is 20.8 Å². The van der Waals surface area contributed by atoms with E-state index < -0.39 is 0 Å². The zero-order chi connectivity index (χ0) is 21.6. The van der Waals surface area contributed by atoms with E-state index >= 15 is 0 Å². The van der Waals surface area contributed by atoms with Gasteiger partial charge in [-0.3, -0.25) is 14.9 Å². The van der Waals surface area contributed by atoms with Gasteiger partial charge in [-0.25, -0.2) is 0 Å². The molecule has 1 heterocycles. The highest BCUT2D eigenvalue weighted by Crippen LogP contribution is 2.26. The third-order valence-electron chi connectivity index (χ3n) is 4.57. The van der Waals surface area contributed by atoms with Crippen LogP contribution in [0.3, 0.4) is 0 Å². The first-order valence-electron chi connectivity index (χ1n) is 9.77. The molecule has 8 heteroatoms. The maximum absolute atomic E-state index is 12.8. The molecule has 2 N–H and O–H groups in total. The van der Waals surface area contributed by atoms with Crippen LogP contribution in [0.2, 0.25) is 0 Å². The van der Waals surface area contributed by atoms with Crippen molar-refractivity contribution in [1.82, 2.24) is 10.2 Å². The summed E-state index contributed by atoms with van der Waals surface area (Å²) in [5.74, 6) is 0.355. The van der Waals surface area contributed by atoms with Gasteiger partial charge in [0.1, 0.15) is 0 Å². The van der Waals surface area contributed by atoms with Crippen molar-refractivity contribution in [2.24, 2.45) is 0 Å². The lowest BCUT2D eigenvalue weighted by molar-refractivity contribution is -0.115. The first kappa shape index (κ1) is 21.0. The highest BCUT2D eigenvalue weighted by atomic mass is 32.2. The van der Waals surface area contributed by atoms with E-state index in [1.165, 1.54) is 11.3 Å². The molecule has 0 aliphatic carbocycles. The van der Waals surface area contributed by atoms with Crippen LogP contribution >= 0.6 is 23.1 Å². The molecule has 6 nitrogen and oxygen atoms in total. The smallest absolute Gasteiger partial charge is 0.259 e. The molecule has 0 aliphatic heterocycles. The Morgan fingerprint density at radius 3 is 2.58 bits per heavy atom. The van der Waals surface area contributed by atoms with Gasteiger partial charge in [0.2, 0.25) is 11.0 Å². The molecule has 2 amide bonds. The molecule has 3 aromatic carbocycles. The van der Waals surface area contributed by atoms with Crippen LogP contribution < -0.4 is 10.6 Å². The summed E-state index contributed by atoms with van der Waals surface area (Å²) >= 11 is 2.89. The minimum Gasteiger partial charge on any atom is -0.325 e. The lowest BCUT2D eigenvalue weighted by atomic mass is 10.0. The van der Waals surface area contributed by atoms with Crippen molar-refractivity contribution in [3.63, 3.8) is 0 Å². The summed E-state index contributed by atoms with van der Waals surface area (Å²) < 4.78 is 0.800. The topological polar surface area (TPSA) is 84.0 Å². The molecule has 0 saturated carbocycles. The Labute approximate surface area is 188 Å². The molecule has 31 heavy (non-hydrogen) atoms. The number of nitrogens with one attached hydrogen (secondary N) is 2. The van der Waals surface area contributed by atoms with Crippen LogP contribution in [0.5, 0.6) is 0 Å². The van der Waals surface area contributed by atoms with Gasteiger partial charge in [-0.2, -0.15) is 0 Å². The van der Waals surface area contributed by atoms with E-state index in [0.29, 0.717) is 16.4 Å². The van der Waals surface area contributed by atoms with E-state index in [9.17, 15) is 9.59 Å². The zero-order valence-corrected chi connectivity index (χ0v) is 18.4. The molecule has 0 aliphatic rings. The molecule has 0 bridgehead atoms. The van der Waals surface area contributed by atoms with Gasteiger partial charge in [0.05, 0.1) is 17.7 Å². The summed E-state index contributed by atoms with van der Waals surface area (Å²) in [7, 11) is 0. The Morgan fingerprint density at radius 1 is 0.935 bits per heavy atom. The third-order valence-corrected chi connectivity index (χ3v) is 6.43. The lowest BCUT2D eigenvalue weighted by Gasteiger charge is -2.11. The summed E-state index contributed by atoms with van der Waals surface area (Å²) in [5, 5.41) is 16.3. The Balaban J connectivity index is 1.48. The molecule has 4 aromatic rings. The molecule has 0 unspecified atom stereocenters. The predicted octanol–water partition coefficient (Wildman–Crippen LogP) is 5.24. The lowest BCUT2D eigenvalue weighted by Crippen LogP contribution is -2.19. The van der Waals surface area contributed by atoms with Gasteiger partial charge in [0.15, 0.2) is 4.34 Å². The number of thioether (sulfide) groups is 1. The number of rotatable bonds is 7. The van der Waals surface area contributed by atoms with Gasteiger partial charge in [-0.05, 0) is 34.2 Å². The molecule has 0 atom stereocenters. The predicted molar refractivity (Wildman–Crippen MR) is 127 cm³/mol. The molecular weight excluding hydrogens is 428 g/mol. The number of carbonyl (C=O) groups is 2. The summed E-state index contributed by atoms with van der Waals surface area (Å²) in [5.41, 5.74) is 1.76. The second-order valence-electron chi connectivity index (χ2n) is 6.67.